The molecule has 0 aromatic rings. The molecule has 3 heteroatoms. The van der Waals surface area contributed by atoms with E-state index in [-0.39, 0.29) is 34.0 Å². The van der Waals surface area contributed by atoms with Gasteiger partial charge in [0.15, 0.2) is 0 Å². The predicted molar refractivity (Wildman–Crippen MR) is 42.8 cm³/mol. The van der Waals surface area contributed by atoms with E-state index in [9.17, 15) is 0 Å². The third kappa shape index (κ3) is 19.6. The van der Waals surface area contributed by atoms with Crippen LogP contribution in [0.15, 0.2) is 0 Å². The normalized spacial score (nSPS) is 6.00. The lowest BCUT2D eigenvalue weighted by molar-refractivity contribution is 0.162. The molecule has 0 aromatic carbocycles. The van der Waals surface area contributed by atoms with Crippen LogP contribution in [-0.4, -0.2) is 13.2 Å². The highest BCUT2D eigenvalue weighted by atomic mass is 79.9. The summed E-state index contributed by atoms with van der Waals surface area (Å²) in [7, 11) is 0. The van der Waals surface area contributed by atoms with E-state index in [1.165, 1.54) is 0 Å². The minimum absolute atomic E-state index is 0. The van der Waals surface area contributed by atoms with Gasteiger partial charge in [0, 0.05) is 13.2 Å². The van der Waals surface area contributed by atoms with Crippen molar-refractivity contribution in [2.24, 2.45) is 0 Å². The molecule has 0 heterocycles. The molecule has 0 unspecified atom stereocenters. The maximum absolute atomic E-state index is 4.83. The van der Waals surface area contributed by atoms with Gasteiger partial charge < -0.3 is 4.74 Å². The quantitative estimate of drug-likeness (QED) is 0.713. The number of rotatable bonds is 2. The second-order valence-corrected chi connectivity index (χ2v) is 0.781. The second kappa shape index (κ2) is 15.8. The molecule has 48 valence electrons. The van der Waals surface area contributed by atoms with Crippen molar-refractivity contribution in [3.63, 3.8) is 0 Å². The lowest BCUT2D eigenvalue weighted by Crippen LogP contribution is -1.84. The molecule has 0 aliphatic heterocycles. The van der Waals surface area contributed by atoms with Gasteiger partial charge in [0.25, 0.3) is 0 Å². The van der Waals surface area contributed by atoms with Gasteiger partial charge in [-0.25, -0.2) is 0 Å². The first-order valence-electron chi connectivity index (χ1n) is 1.99. The third-order valence-corrected chi connectivity index (χ3v) is 0.408. The van der Waals surface area contributed by atoms with Crippen LogP contribution >= 0.6 is 34.0 Å². The Morgan fingerprint density at radius 3 is 1.29 bits per heavy atom. The Kier molecular flexibility index (Phi) is 35.3. The molecule has 0 saturated heterocycles. The summed E-state index contributed by atoms with van der Waals surface area (Å²) in [6.07, 6.45) is 0. The molecule has 1 nitrogen and oxygen atoms in total. The largest absolute Gasteiger partial charge is 0.382 e. The molecule has 0 N–H and O–H groups in total. The fourth-order valence-corrected chi connectivity index (χ4v) is 0.204. The van der Waals surface area contributed by atoms with Crippen molar-refractivity contribution < 1.29 is 4.74 Å². The number of hydrogen-bond donors (Lipinski definition) is 0. The first-order valence-corrected chi connectivity index (χ1v) is 1.99. The van der Waals surface area contributed by atoms with E-state index in [0.717, 1.165) is 13.2 Å². The summed E-state index contributed by atoms with van der Waals surface area (Å²) in [4.78, 5) is 0. The predicted octanol–water partition coefficient (Wildman–Crippen LogP) is 2.20. The van der Waals surface area contributed by atoms with Gasteiger partial charge >= 0.3 is 0 Å². The number of halogens is 2. The summed E-state index contributed by atoms with van der Waals surface area (Å²) < 4.78 is 4.83. The van der Waals surface area contributed by atoms with E-state index in [4.69, 9.17) is 4.74 Å². The van der Waals surface area contributed by atoms with Crippen molar-refractivity contribution in [3.05, 3.63) is 0 Å². The van der Waals surface area contributed by atoms with E-state index in [1.807, 2.05) is 13.8 Å². The average molecular weight is 236 g/mol. The van der Waals surface area contributed by atoms with Crippen molar-refractivity contribution in [1.29, 1.82) is 0 Å². The highest BCUT2D eigenvalue weighted by Gasteiger charge is 1.64. The van der Waals surface area contributed by atoms with E-state index in [0.29, 0.717) is 0 Å². The molecule has 0 atom stereocenters. The standard InChI is InChI=1S/C4H10O.2BrH/c1-3-5-4-2;;/h3-4H2,1-2H3;2*1H. The van der Waals surface area contributed by atoms with Crippen LogP contribution in [0.3, 0.4) is 0 Å². The smallest absolute Gasteiger partial charge is 0.0437 e. The molecule has 0 amide bonds. The van der Waals surface area contributed by atoms with E-state index < -0.39 is 0 Å². The van der Waals surface area contributed by atoms with Gasteiger partial charge in [0.05, 0.1) is 0 Å². The SMILES string of the molecule is Br.Br.CCOCC. The summed E-state index contributed by atoms with van der Waals surface area (Å²) in [5, 5.41) is 0. The zero-order valence-corrected chi connectivity index (χ0v) is 8.07. The van der Waals surface area contributed by atoms with E-state index in [2.05, 4.69) is 0 Å². The van der Waals surface area contributed by atoms with Gasteiger partial charge in [0.1, 0.15) is 0 Å². The minimum atomic E-state index is 0. The molecule has 0 radical (unpaired) electrons. The highest BCUT2D eigenvalue weighted by Crippen LogP contribution is 1.64. The molecule has 0 spiro atoms. The maximum Gasteiger partial charge on any atom is 0.0437 e. The van der Waals surface area contributed by atoms with Gasteiger partial charge in [-0.1, -0.05) is 0 Å². The zero-order chi connectivity index (χ0) is 4.12. The molecule has 0 bridgehead atoms. The maximum atomic E-state index is 4.83. The molecule has 0 fully saturated rings. The first kappa shape index (κ1) is 15.7. The summed E-state index contributed by atoms with van der Waals surface area (Å²) in [6.45, 7) is 5.67. The number of hydrogen-bond acceptors (Lipinski definition) is 1. The van der Waals surface area contributed by atoms with Crippen LogP contribution in [0.5, 0.6) is 0 Å². The third-order valence-electron chi connectivity index (χ3n) is 0.408. The van der Waals surface area contributed by atoms with Crippen molar-refractivity contribution in [1.82, 2.24) is 0 Å². The molecule has 0 aromatic heterocycles. The highest BCUT2D eigenvalue weighted by molar-refractivity contribution is 8.93. The van der Waals surface area contributed by atoms with Crippen LogP contribution in [0.4, 0.5) is 0 Å². The molecule has 0 rings (SSSR count). The molecule has 0 saturated carbocycles. The molecular weight excluding hydrogens is 224 g/mol. The van der Waals surface area contributed by atoms with Crippen molar-refractivity contribution in [3.8, 4) is 0 Å². The van der Waals surface area contributed by atoms with Crippen LogP contribution in [0.1, 0.15) is 13.8 Å². The van der Waals surface area contributed by atoms with Crippen LogP contribution in [0, 0.1) is 0 Å². The number of ether oxygens (including phenoxy) is 1. The summed E-state index contributed by atoms with van der Waals surface area (Å²) in [5.74, 6) is 0. The van der Waals surface area contributed by atoms with Gasteiger partial charge in [-0.3, -0.25) is 0 Å². The Morgan fingerprint density at radius 1 is 1.00 bits per heavy atom. The summed E-state index contributed by atoms with van der Waals surface area (Å²) >= 11 is 0. The Bertz CT molecular complexity index is 17.2. The molecule has 7 heavy (non-hydrogen) atoms. The Hall–Kier alpha value is 0.920. The summed E-state index contributed by atoms with van der Waals surface area (Å²) in [5.41, 5.74) is 0. The van der Waals surface area contributed by atoms with Crippen LogP contribution in [0.2, 0.25) is 0 Å². The topological polar surface area (TPSA) is 9.23 Å². The van der Waals surface area contributed by atoms with Crippen LogP contribution in [0.25, 0.3) is 0 Å². The van der Waals surface area contributed by atoms with E-state index in [1.54, 1.807) is 0 Å². The van der Waals surface area contributed by atoms with Gasteiger partial charge in [-0.15, -0.1) is 34.0 Å². The average Bonchev–Trinajstić information content (AvgIpc) is 1.41. The Balaban J connectivity index is -0.0000000800. The Labute approximate surface area is 66.0 Å². The van der Waals surface area contributed by atoms with Gasteiger partial charge in [0.2, 0.25) is 0 Å². The molecule has 0 aliphatic rings. The first-order chi connectivity index (χ1) is 2.41. The van der Waals surface area contributed by atoms with Crippen molar-refractivity contribution in [2.75, 3.05) is 13.2 Å². The fraction of sp³-hybridized carbons (Fsp3) is 1.00. The fourth-order valence-electron chi connectivity index (χ4n) is 0.204. The summed E-state index contributed by atoms with van der Waals surface area (Å²) in [6, 6.07) is 0. The molecule has 0 aliphatic carbocycles. The van der Waals surface area contributed by atoms with E-state index >= 15 is 0 Å². The monoisotopic (exact) mass is 234 g/mol. The molecular formula is C4H12Br2O. The second-order valence-electron chi connectivity index (χ2n) is 0.781. The van der Waals surface area contributed by atoms with Crippen LogP contribution < -0.4 is 0 Å². The lowest BCUT2D eigenvalue weighted by atomic mass is 10.8. The zero-order valence-electron chi connectivity index (χ0n) is 4.64. The van der Waals surface area contributed by atoms with Crippen molar-refractivity contribution in [2.45, 2.75) is 13.8 Å². The van der Waals surface area contributed by atoms with Crippen molar-refractivity contribution >= 4 is 34.0 Å². The van der Waals surface area contributed by atoms with Gasteiger partial charge in [-0.05, 0) is 13.8 Å². The van der Waals surface area contributed by atoms with Gasteiger partial charge in [-0.2, -0.15) is 0 Å². The minimum Gasteiger partial charge on any atom is -0.382 e. The van der Waals surface area contributed by atoms with Crippen LogP contribution in [-0.2, 0) is 4.74 Å². The lowest BCUT2D eigenvalue weighted by Gasteiger charge is -1.86. The Morgan fingerprint density at radius 2 is 1.29 bits per heavy atom.